The van der Waals surface area contributed by atoms with E-state index in [0.29, 0.717) is 19.3 Å². The molecule has 6 nitrogen and oxygen atoms in total. The summed E-state index contributed by atoms with van der Waals surface area (Å²) in [6.45, 7) is 6.28. The molecule has 0 fully saturated rings. The van der Waals surface area contributed by atoms with Crippen LogP contribution in [0.4, 0.5) is 0 Å². The maximum atomic E-state index is 12.9. The summed E-state index contributed by atoms with van der Waals surface area (Å²) in [6.07, 6.45) is 81.1. The summed E-state index contributed by atoms with van der Waals surface area (Å²) in [5, 5.41) is 0. The van der Waals surface area contributed by atoms with Gasteiger partial charge in [0.05, 0.1) is 0 Å². The average Bonchev–Trinajstić information content (AvgIpc) is 3.36. The Labute approximate surface area is 429 Å². The molecule has 0 radical (unpaired) electrons. The van der Waals surface area contributed by atoms with E-state index in [2.05, 4.69) is 69.4 Å². The van der Waals surface area contributed by atoms with E-state index in [-0.39, 0.29) is 31.1 Å². The van der Waals surface area contributed by atoms with Crippen molar-refractivity contribution in [3.63, 3.8) is 0 Å². The summed E-state index contributed by atoms with van der Waals surface area (Å²) in [6, 6.07) is 0. The minimum Gasteiger partial charge on any atom is -0.462 e. The molecule has 0 amide bonds. The number of esters is 3. The zero-order valence-corrected chi connectivity index (χ0v) is 44.7. The first-order valence-corrected chi connectivity index (χ1v) is 28.0. The van der Waals surface area contributed by atoms with E-state index in [4.69, 9.17) is 14.2 Å². The van der Waals surface area contributed by atoms with Crippen molar-refractivity contribution in [3.05, 3.63) is 146 Å². The van der Waals surface area contributed by atoms with E-state index in [1.807, 2.05) is 97.2 Å². The number of ether oxygens (including phenoxy) is 3. The largest absolute Gasteiger partial charge is 0.462 e. The summed E-state index contributed by atoms with van der Waals surface area (Å²) in [5.74, 6) is -0.997. The third-order valence-corrected chi connectivity index (χ3v) is 11.3. The maximum absolute atomic E-state index is 12.9. The summed E-state index contributed by atoms with van der Waals surface area (Å²) >= 11 is 0. The fraction of sp³-hybridized carbons (Fsp3) is 0.578. The molecule has 0 aromatic heterocycles. The molecule has 0 bridgehead atoms. The Bertz CT molecular complexity index is 1580. The zero-order valence-electron chi connectivity index (χ0n) is 44.7. The Morgan fingerprint density at radius 1 is 0.300 bits per heavy atom. The van der Waals surface area contributed by atoms with Crippen LogP contribution in [0.1, 0.15) is 220 Å². The Balaban J connectivity index is 4.56. The molecule has 0 saturated carbocycles. The topological polar surface area (TPSA) is 78.9 Å². The van der Waals surface area contributed by atoms with Gasteiger partial charge in [-0.15, -0.1) is 0 Å². The molecule has 6 heteroatoms. The summed E-state index contributed by atoms with van der Waals surface area (Å²) in [7, 11) is 0. The van der Waals surface area contributed by atoms with Crippen LogP contribution in [0, 0.1) is 0 Å². The quantitative estimate of drug-likeness (QED) is 0.0199. The van der Waals surface area contributed by atoms with Gasteiger partial charge >= 0.3 is 17.9 Å². The first-order chi connectivity index (χ1) is 34.5. The molecule has 1 atom stereocenters. The predicted octanol–water partition coefficient (Wildman–Crippen LogP) is 18.8. The van der Waals surface area contributed by atoms with Crippen molar-refractivity contribution in [3.8, 4) is 0 Å². The highest BCUT2D eigenvalue weighted by Gasteiger charge is 2.19. The van der Waals surface area contributed by atoms with Gasteiger partial charge in [-0.25, -0.2) is 0 Å². The summed E-state index contributed by atoms with van der Waals surface area (Å²) in [4.78, 5) is 38.1. The van der Waals surface area contributed by atoms with Crippen LogP contribution in [0.25, 0.3) is 0 Å². The normalized spacial score (nSPS) is 13.2. The average molecular weight is 965 g/mol. The highest BCUT2D eigenvalue weighted by atomic mass is 16.6. The third kappa shape index (κ3) is 54.2. The first-order valence-electron chi connectivity index (χ1n) is 28.0. The van der Waals surface area contributed by atoms with Gasteiger partial charge in [0.2, 0.25) is 0 Å². The lowest BCUT2D eigenvalue weighted by molar-refractivity contribution is -0.167. The summed E-state index contributed by atoms with van der Waals surface area (Å²) < 4.78 is 16.8. The van der Waals surface area contributed by atoms with Crippen molar-refractivity contribution < 1.29 is 28.6 Å². The molecule has 0 saturated heterocycles. The molecule has 0 aliphatic rings. The third-order valence-electron chi connectivity index (χ3n) is 11.3. The Hall–Kier alpha value is -4.71. The van der Waals surface area contributed by atoms with Crippen molar-refractivity contribution in [1.82, 2.24) is 0 Å². The van der Waals surface area contributed by atoms with Crippen LogP contribution < -0.4 is 0 Å². The highest BCUT2D eigenvalue weighted by Crippen LogP contribution is 2.14. The molecular formula is C64H100O6. The monoisotopic (exact) mass is 965 g/mol. The van der Waals surface area contributed by atoms with Gasteiger partial charge < -0.3 is 14.2 Å². The van der Waals surface area contributed by atoms with Crippen LogP contribution >= 0.6 is 0 Å². The van der Waals surface area contributed by atoms with Crippen LogP contribution in [0.15, 0.2) is 146 Å². The minimum absolute atomic E-state index is 0.115. The lowest BCUT2D eigenvalue weighted by atomic mass is 10.1. The molecule has 0 aromatic rings. The molecular weight excluding hydrogens is 865 g/mol. The number of hydrogen-bond acceptors (Lipinski definition) is 6. The molecule has 0 N–H and O–H groups in total. The molecule has 0 aliphatic heterocycles. The van der Waals surface area contributed by atoms with Gasteiger partial charge in [0.15, 0.2) is 6.10 Å². The Kier molecular flexibility index (Phi) is 53.0. The van der Waals surface area contributed by atoms with Crippen molar-refractivity contribution in [2.24, 2.45) is 0 Å². The fourth-order valence-electron chi connectivity index (χ4n) is 7.19. The van der Waals surface area contributed by atoms with Crippen molar-refractivity contribution in [2.45, 2.75) is 226 Å². The lowest BCUT2D eigenvalue weighted by Crippen LogP contribution is -2.30. The first kappa shape index (κ1) is 65.3. The summed E-state index contributed by atoms with van der Waals surface area (Å²) in [5.41, 5.74) is 0. The number of allylic oxidation sites excluding steroid dienone is 24. The van der Waals surface area contributed by atoms with Crippen LogP contribution in [-0.2, 0) is 28.6 Å². The van der Waals surface area contributed by atoms with E-state index < -0.39 is 6.10 Å². The second-order valence-corrected chi connectivity index (χ2v) is 18.0. The zero-order chi connectivity index (χ0) is 50.7. The van der Waals surface area contributed by atoms with Gasteiger partial charge in [0, 0.05) is 19.3 Å². The van der Waals surface area contributed by atoms with Crippen LogP contribution in [-0.4, -0.2) is 37.2 Å². The van der Waals surface area contributed by atoms with E-state index in [0.717, 1.165) is 109 Å². The second-order valence-electron chi connectivity index (χ2n) is 18.0. The van der Waals surface area contributed by atoms with Crippen molar-refractivity contribution >= 4 is 17.9 Å². The predicted molar refractivity (Wildman–Crippen MR) is 302 cm³/mol. The lowest BCUT2D eigenvalue weighted by Gasteiger charge is -2.18. The van der Waals surface area contributed by atoms with E-state index in [9.17, 15) is 14.4 Å². The van der Waals surface area contributed by atoms with Crippen molar-refractivity contribution in [2.75, 3.05) is 13.2 Å². The number of carbonyl (C=O) groups excluding carboxylic acids is 3. The van der Waals surface area contributed by atoms with E-state index in [1.165, 1.54) is 70.6 Å². The van der Waals surface area contributed by atoms with Gasteiger partial charge in [-0.3, -0.25) is 14.4 Å². The SMILES string of the molecule is CC\C=C/C=C\C=C/C=C\C=C\C=C/C=C\CCCCCC(=O)OCC(COC(=O)CCCCCCC\C=C/C=C\C=C/C=C\CC)OC(=O)CCCCCCC/C=C\CCCCCCCCCCC. The number of rotatable bonds is 48. The van der Waals surface area contributed by atoms with Crippen LogP contribution in [0.3, 0.4) is 0 Å². The van der Waals surface area contributed by atoms with Gasteiger partial charge in [-0.1, -0.05) is 263 Å². The molecule has 392 valence electrons. The Morgan fingerprint density at radius 3 is 0.929 bits per heavy atom. The molecule has 0 aromatic carbocycles. The maximum Gasteiger partial charge on any atom is 0.306 e. The Morgan fingerprint density at radius 2 is 0.571 bits per heavy atom. The van der Waals surface area contributed by atoms with Gasteiger partial charge in [0.25, 0.3) is 0 Å². The van der Waals surface area contributed by atoms with Gasteiger partial charge in [-0.2, -0.15) is 0 Å². The standard InChI is InChI=1S/C64H100O6/c1-4-7-10-13-16-19-22-25-28-30-32-34-36-39-42-45-48-51-54-57-63(66)69-60-61(59-68-62(65)56-53-50-47-44-41-38-35-27-24-21-18-15-12-9-6-3)70-64(67)58-55-52-49-46-43-40-37-33-31-29-26-23-20-17-14-11-8-5-2/h7,9-10,12-13,15-16,18-19,21-22,24-25,27-28,30,32-37,39,42,61H,4-6,8,11,14,17,20,23,26,29,31,38,40-41,43-60H2,1-3H3/b10-7-,12-9-,16-13-,18-15-,22-19-,24-21-,28-25-,32-30+,35-27-,36-34-,37-33-,42-39-. The molecule has 0 aliphatic carbocycles. The van der Waals surface area contributed by atoms with Crippen LogP contribution in [0.2, 0.25) is 0 Å². The van der Waals surface area contributed by atoms with E-state index in [1.54, 1.807) is 0 Å². The van der Waals surface area contributed by atoms with Gasteiger partial charge in [0.1, 0.15) is 13.2 Å². The molecule has 0 rings (SSSR count). The number of carbonyl (C=O) groups is 3. The molecule has 70 heavy (non-hydrogen) atoms. The minimum atomic E-state index is -0.819. The van der Waals surface area contributed by atoms with Gasteiger partial charge in [-0.05, 0) is 83.5 Å². The van der Waals surface area contributed by atoms with Crippen LogP contribution in [0.5, 0.6) is 0 Å². The fourth-order valence-corrected chi connectivity index (χ4v) is 7.19. The smallest absolute Gasteiger partial charge is 0.306 e. The number of hydrogen-bond donors (Lipinski definition) is 0. The highest BCUT2D eigenvalue weighted by molar-refractivity contribution is 5.71. The molecule has 0 spiro atoms. The second kappa shape index (κ2) is 56.9. The number of unbranched alkanes of at least 4 members (excludes halogenated alkanes) is 22. The molecule has 0 heterocycles. The van der Waals surface area contributed by atoms with Crippen molar-refractivity contribution in [1.29, 1.82) is 0 Å². The molecule has 1 unspecified atom stereocenters. The van der Waals surface area contributed by atoms with E-state index >= 15 is 0 Å².